The summed E-state index contributed by atoms with van der Waals surface area (Å²) in [5, 5.41) is 9.38. The second kappa shape index (κ2) is 7.12. The summed E-state index contributed by atoms with van der Waals surface area (Å²) in [6.45, 7) is 16.5. The Morgan fingerprint density at radius 3 is 2.00 bits per heavy atom. The van der Waals surface area contributed by atoms with E-state index in [2.05, 4.69) is 54.5 Å². The molecule has 0 radical (unpaired) electrons. The highest BCUT2D eigenvalue weighted by molar-refractivity contribution is 6.77. The first kappa shape index (κ1) is 17.8. The minimum Gasteiger partial charge on any atom is -0.546 e. The van der Waals surface area contributed by atoms with Crippen LogP contribution >= 0.6 is 0 Å². The van der Waals surface area contributed by atoms with Gasteiger partial charge in [-0.2, -0.15) is 0 Å². The lowest BCUT2D eigenvalue weighted by Crippen LogP contribution is -2.47. The van der Waals surface area contributed by atoms with Gasteiger partial charge in [-0.1, -0.05) is 48.5 Å². The SMILES string of the molecule is CC(C)[Si](OC1=C[C@@H](C)[C@@H](CO)CC1)(C(C)C)C(C)C. The van der Waals surface area contributed by atoms with Crippen molar-refractivity contribution in [3.8, 4) is 0 Å². The lowest BCUT2D eigenvalue weighted by atomic mass is 9.85. The summed E-state index contributed by atoms with van der Waals surface area (Å²) in [5.41, 5.74) is 1.86. The number of hydrogen-bond acceptors (Lipinski definition) is 2. The van der Waals surface area contributed by atoms with Crippen molar-refractivity contribution >= 4 is 8.32 Å². The molecule has 1 rings (SSSR count). The van der Waals surface area contributed by atoms with E-state index in [0.29, 0.717) is 35.1 Å². The van der Waals surface area contributed by atoms with E-state index < -0.39 is 8.32 Å². The summed E-state index contributed by atoms with van der Waals surface area (Å²) in [6, 6.07) is 0. The molecule has 3 heteroatoms. The second-order valence-electron chi connectivity index (χ2n) is 7.39. The third kappa shape index (κ3) is 3.48. The first-order valence-electron chi connectivity index (χ1n) is 8.26. The Morgan fingerprint density at radius 1 is 1.15 bits per heavy atom. The monoisotopic (exact) mass is 298 g/mol. The van der Waals surface area contributed by atoms with Crippen LogP contribution in [0.4, 0.5) is 0 Å². The van der Waals surface area contributed by atoms with E-state index in [0.717, 1.165) is 12.8 Å². The molecule has 0 heterocycles. The molecule has 1 N–H and O–H groups in total. The van der Waals surface area contributed by atoms with Gasteiger partial charge in [0.05, 0.1) is 5.76 Å². The molecule has 0 bridgehead atoms. The Morgan fingerprint density at radius 2 is 1.65 bits per heavy atom. The third-order valence-electron chi connectivity index (χ3n) is 5.20. The molecule has 0 saturated carbocycles. The zero-order valence-electron chi connectivity index (χ0n) is 14.4. The van der Waals surface area contributed by atoms with Crippen molar-refractivity contribution in [2.24, 2.45) is 11.8 Å². The molecule has 0 amide bonds. The van der Waals surface area contributed by atoms with Crippen LogP contribution in [0.25, 0.3) is 0 Å². The van der Waals surface area contributed by atoms with Crippen molar-refractivity contribution in [2.45, 2.75) is 77.9 Å². The van der Waals surface area contributed by atoms with Crippen molar-refractivity contribution in [2.75, 3.05) is 6.61 Å². The van der Waals surface area contributed by atoms with E-state index in [4.69, 9.17) is 4.43 Å². The van der Waals surface area contributed by atoms with E-state index in [-0.39, 0.29) is 0 Å². The Bertz CT molecular complexity index is 312. The third-order valence-corrected chi connectivity index (χ3v) is 11.2. The highest BCUT2D eigenvalue weighted by atomic mass is 28.4. The average Bonchev–Trinajstić information content (AvgIpc) is 2.34. The summed E-state index contributed by atoms with van der Waals surface area (Å²) >= 11 is 0. The molecule has 0 saturated heterocycles. The van der Waals surface area contributed by atoms with Gasteiger partial charge in [0.15, 0.2) is 0 Å². The molecule has 1 aliphatic rings. The Balaban J connectivity index is 2.97. The number of hydrogen-bond donors (Lipinski definition) is 1. The van der Waals surface area contributed by atoms with Crippen LogP contribution < -0.4 is 0 Å². The van der Waals surface area contributed by atoms with E-state index in [1.807, 2.05) is 0 Å². The highest BCUT2D eigenvalue weighted by Crippen LogP contribution is 2.45. The summed E-state index contributed by atoms with van der Waals surface area (Å²) in [5.74, 6) is 2.04. The van der Waals surface area contributed by atoms with Crippen molar-refractivity contribution in [1.29, 1.82) is 0 Å². The second-order valence-corrected chi connectivity index (χ2v) is 12.8. The summed E-state index contributed by atoms with van der Waals surface area (Å²) in [7, 11) is -1.81. The molecule has 0 aromatic heterocycles. The molecule has 20 heavy (non-hydrogen) atoms. The van der Waals surface area contributed by atoms with Gasteiger partial charge in [-0.15, -0.1) is 0 Å². The quantitative estimate of drug-likeness (QED) is 0.691. The Labute approximate surface area is 126 Å². The molecular formula is C17H34O2Si. The summed E-state index contributed by atoms with van der Waals surface area (Å²) < 4.78 is 6.74. The normalized spacial score (nSPS) is 24.4. The van der Waals surface area contributed by atoms with Gasteiger partial charge in [-0.05, 0) is 41.0 Å². The molecule has 118 valence electrons. The van der Waals surface area contributed by atoms with Crippen LogP contribution in [0.3, 0.4) is 0 Å². The largest absolute Gasteiger partial charge is 0.546 e. The number of rotatable bonds is 6. The first-order chi connectivity index (χ1) is 9.25. The summed E-state index contributed by atoms with van der Waals surface area (Å²) in [4.78, 5) is 0. The molecule has 2 atom stereocenters. The van der Waals surface area contributed by atoms with E-state index in [9.17, 15) is 5.11 Å². The molecule has 1 aliphatic carbocycles. The number of aliphatic hydroxyl groups excluding tert-OH is 1. The van der Waals surface area contributed by atoms with Gasteiger partial charge in [0.25, 0.3) is 8.32 Å². The van der Waals surface area contributed by atoms with E-state index in [1.165, 1.54) is 5.76 Å². The number of allylic oxidation sites excluding steroid dienone is 2. The zero-order valence-corrected chi connectivity index (χ0v) is 15.4. The maximum Gasteiger partial charge on any atom is 0.258 e. The van der Waals surface area contributed by atoms with Gasteiger partial charge in [-0.3, -0.25) is 0 Å². The lowest BCUT2D eigenvalue weighted by Gasteiger charge is -2.44. The van der Waals surface area contributed by atoms with Gasteiger partial charge in [0.1, 0.15) is 0 Å². The fraction of sp³-hybridized carbons (Fsp3) is 0.882. The highest BCUT2D eigenvalue weighted by Gasteiger charge is 2.47. The topological polar surface area (TPSA) is 29.5 Å². The van der Waals surface area contributed by atoms with Crippen LogP contribution in [0.15, 0.2) is 11.8 Å². The van der Waals surface area contributed by atoms with Gasteiger partial charge in [-0.25, -0.2) is 0 Å². The summed E-state index contributed by atoms with van der Waals surface area (Å²) in [6.07, 6.45) is 4.33. The standard InChI is InChI=1S/C17H34O2Si/c1-12(2)20(13(3)4,14(5)6)19-17-9-8-16(11-18)15(7)10-17/h10,12-16,18H,8-9,11H2,1-7H3/t15-,16-/m1/s1. The Kier molecular flexibility index (Phi) is 6.33. The lowest BCUT2D eigenvalue weighted by molar-refractivity contribution is 0.174. The van der Waals surface area contributed by atoms with Crippen LogP contribution in [-0.2, 0) is 4.43 Å². The van der Waals surface area contributed by atoms with Crippen LogP contribution in [0.2, 0.25) is 16.6 Å². The predicted octanol–water partition coefficient (Wildman–Crippen LogP) is 5.10. The molecule has 0 spiro atoms. The van der Waals surface area contributed by atoms with Crippen molar-refractivity contribution in [1.82, 2.24) is 0 Å². The maximum atomic E-state index is 9.38. The average molecular weight is 299 g/mol. The Hall–Kier alpha value is -0.283. The van der Waals surface area contributed by atoms with Crippen LogP contribution in [-0.4, -0.2) is 20.0 Å². The van der Waals surface area contributed by atoms with Crippen molar-refractivity contribution < 1.29 is 9.53 Å². The molecule has 0 aliphatic heterocycles. The maximum absolute atomic E-state index is 9.38. The van der Waals surface area contributed by atoms with Gasteiger partial charge in [0.2, 0.25) is 0 Å². The van der Waals surface area contributed by atoms with Gasteiger partial charge >= 0.3 is 0 Å². The zero-order chi connectivity index (χ0) is 15.5. The minimum atomic E-state index is -1.81. The van der Waals surface area contributed by atoms with Crippen molar-refractivity contribution in [3.05, 3.63) is 11.8 Å². The molecule has 0 unspecified atom stereocenters. The molecule has 0 aromatic carbocycles. The molecule has 0 aromatic rings. The number of aliphatic hydroxyl groups is 1. The smallest absolute Gasteiger partial charge is 0.258 e. The van der Waals surface area contributed by atoms with Crippen LogP contribution in [0.1, 0.15) is 61.3 Å². The van der Waals surface area contributed by atoms with Gasteiger partial charge < -0.3 is 9.53 Å². The fourth-order valence-corrected chi connectivity index (χ4v) is 9.36. The molecule has 0 fully saturated rings. The molecular weight excluding hydrogens is 264 g/mol. The predicted molar refractivity (Wildman–Crippen MR) is 89.2 cm³/mol. The van der Waals surface area contributed by atoms with Crippen LogP contribution in [0, 0.1) is 11.8 Å². The first-order valence-corrected chi connectivity index (χ1v) is 10.4. The van der Waals surface area contributed by atoms with Crippen LogP contribution in [0.5, 0.6) is 0 Å². The van der Waals surface area contributed by atoms with Gasteiger partial charge in [0, 0.05) is 13.0 Å². The van der Waals surface area contributed by atoms with Crippen molar-refractivity contribution in [3.63, 3.8) is 0 Å². The minimum absolute atomic E-state index is 0.298. The molecule has 2 nitrogen and oxygen atoms in total. The van der Waals surface area contributed by atoms with E-state index >= 15 is 0 Å². The van der Waals surface area contributed by atoms with E-state index in [1.54, 1.807) is 0 Å². The fourth-order valence-electron chi connectivity index (χ4n) is 4.03.